The number of hydrogen-bond acceptors (Lipinski definition) is 4. The second-order valence-electron chi connectivity index (χ2n) is 9.89. The summed E-state index contributed by atoms with van der Waals surface area (Å²) < 4.78 is 79.9. The van der Waals surface area contributed by atoms with Crippen molar-refractivity contribution in [3.05, 3.63) is 88.9 Å². The van der Waals surface area contributed by atoms with Gasteiger partial charge in [0.2, 0.25) is 17.7 Å². The SMILES string of the molecule is NC(=O)[C@H](CCC(F)(F)F)[C@@H](C(=O)N[C@H]1CN(c2cccc(C(F)(F)F)c2)c2cccc(Cl)c2NC1=O)c1ccccc1. The highest BCUT2D eigenvalue weighted by Gasteiger charge is 2.40. The van der Waals surface area contributed by atoms with Gasteiger partial charge in [-0.15, -0.1) is 0 Å². The van der Waals surface area contributed by atoms with E-state index in [2.05, 4.69) is 10.6 Å². The molecule has 43 heavy (non-hydrogen) atoms. The summed E-state index contributed by atoms with van der Waals surface area (Å²) in [6.45, 7) is -0.391. The third kappa shape index (κ3) is 7.58. The molecule has 0 aliphatic carbocycles. The minimum absolute atomic E-state index is 0.0221. The number of nitrogens with zero attached hydrogens (tertiary/aromatic N) is 1. The normalized spacial score (nSPS) is 16.9. The number of carbonyl (C=O) groups excluding carboxylic acids is 3. The lowest BCUT2D eigenvalue weighted by atomic mass is 9.81. The number of anilines is 3. The van der Waals surface area contributed by atoms with Gasteiger partial charge in [-0.3, -0.25) is 14.4 Å². The van der Waals surface area contributed by atoms with Crippen LogP contribution in [0.4, 0.5) is 43.4 Å². The van der Waals surface area contributed by atoms with Crippen LogP contribution in [0.5, 0.6) is 0 Å². The lowest BCUT2D eigenvalue weighted by Gasteiger charge is -2.30. The lowest BCUT2D eigenvalue weighted by molar-refractivity contribution is -0.143. The zero-order chi connectivity index (χ0) is 31.5. The summed E-state index contributed by atoms with van der Waals surface area (Å²) in [6, 6.07) is 14.8. The van der Waals surface area contributed by atoms with Crippen molar-refractivity contribution in [2.75, 3.05) is 16.8 Å². The van der Waals surface area contributed by atoms with E-state index in [0.29, 0.717) is 0 Å². The number of nitrogens with one attached hydrogen (secondary N) is 2. The Bertz CT molecular complexity index is 1500. The molecule has 1 aliphatic rings. The Hall–Kier alpha value is -4.26. The minimum Gasteiger partial charge on any atom is -0.369 e. The van der Waals surface area contributed by atoms with Gasteiger partial charge in [-0.2, -0.15) is 26.3 Å². The van der Waals surface area contributed by atoms with Crippen LogP contribution in [0.25, 0.3) is 0 Å². The molecule has 3 amide bonds. The van der Waals surface area contributed by atoms with Crippen LogP contribution in [0.2, 0.25) is 5.02 Å². The highest BCUT2D eigenvalue weighted by atomic mass is 35.5. The Kier molecular flexibility index (Phi) is 9.24. The molecular formula is C29H25ClF6N4O3. The summed E-state index contributed by atoms with van der Waals surface area (Å²) in [7, 11) is 0. The molecule has 0 unspecified atom stereocenters. The number of nitrogens with two attached hydrogens (primary N) is 1. The predicted molar refractivity (Wildman–Crippen MR) is 148 cm³/mol. The van der Waals surface area contributed by atoms with Gasteiger partial charge in [0.05, 0.1) is 40.3 Å². The van der Waals surface area contributed by atoms with E-state index in [1.165, 1.54) is 59.5 Å². The number of para-hydroxylation sites is 1. The molecule has 0 saturated heterocycles. The zero-order valence-electron chi connectivity index (χ0n) is 22.2. The average molecular weight is 627 g/mol. The first-order valence-electron chi connectivity index (χ1n) is 12.9. The van der Waals surface area contributed by atoms with Crippen molar-refractivity contribution in [2.45, 2.75) is 37.2 Å². The molecule has 0 fully saturated rings. The maximum Gasteiger partial charge on any atom is 0.416 e. The third-order valence-electron chi connectivity index (χ3n) is 6.96. The molecule has 0 bridgehead atoms. The number of rotatable bonds is 8. The van der Waals surface area contributed by atoms with Gasteiger partial charge in [-0.1, -0.05) is 54.1 Å². The van der Waals surface area contributed by atoms with Crippen LogP contribution >= 0.6 is 11.6 Å². The maximum atomic E-state index is 13.7. The predicted octanol–water partition coefficient (Wildman–Crippen LogP) is 6.16. The number of fused-ring (bicyclic) bond motifs is 1. The molecule has 228 valence electrons. The van der Waals surface area contributed by atoms with Crippen LogP contribution in [0.1, 0.15) is 29.9 Å². The third-order valence-corrected chi connectivity index (χ3v) is 7.28. The molecular weight excluding hydrogens is 602 g/mol. The fourth-order valence-electron chi connectivity index (χ4n) is 4.92. The number of carbonyl (C=O) groups is 3. The van der Waals surface area contributed by atoms with Crippen LogP contribution in [0.15, 0.2) is 72.8 Å². The molecule has 3 atom stereocenters. The van der Waals surface area contributed by atoms with Crippen molar-refractivity contribution >= 4 is 46.4 Å². The first-order chi connectivity index (χ1) is 20.2. The first kappa shape index (κ1) is 31.7. The van der Waals surface area contributed by atoms with E-state index >= 15 is 0 Å². The summed E-state index contributed by atoms with van der Waals surface area (Å²) in [6.07, 6.45) is -11.5. The number of amides is 3. The smallest absolute Gasteiger partial charge is 0.369 e. The molecule has 14 heteroatoms. The van der Waals surface area contributed by atoms with Crippen molar-refractivity contribution in [1.82, 2.24) is 5.32 Å². The number of benzene rings is 3. The Labute approximate surface area is 247 Å². The molecule has 1 aliphatic heterocycles. The molecule has 0 saturated carbocycles. The number of primary amides is 1. The maximum absolute atomic E-state index is 13.7. The summed E-state index contributed by atoms with van der Waals surface area (Å²) in [5.74, 6) is -6.02. The van der Waals surface area contributed by atoms with Crippen LogP contribution in [0.3, 0.4) is 0 Å². The molecule has 4 N–H and O–H groups in total. The molecule has 3 aromatic carbocycles. The van der Waals surface area contributed by atoms with Gasteiger partial charge in [0.25, 0.3) is 0 Å². The van der Waals surface area contributed by atoms with Gasteiger partial charge in [0, 0.05) is 12.1 Å². The quantitative estimate of drug-likeness (QED) is 0.261. The minimum atomic E-state index is -4.68. The van der Waals surface area contributed by atoms with Gasteiger partial charge in [0.15, 0.2) is 0 Å². The van der Waals surface area contributed by atoms with Crippen molar-refractivity contribution in [1.29, 1.82) is 0 Å². The molecule has 0 spiro atoms. The number of hydrogen-bond donors (Lipinski definition) is 3. The van der Waals surface area contributed by atoms with E-state index in [1.807, 2.05) is 0 Å². The van der Waals surface area contributed by atoms with Crippen LogP contribution in [-0.4, -0.2) is 36.5 Å². The van der Waals surface area contributed by atoms with Gasteiger partial charge >= 0.3 is 12.4 Å². The van der Waals surface area contributed by atoms with E-state index in [9.17, 15) is 40.7 Å². The summed E-state index contributed by atoms with van der Waals surface area (Å²) in [5, 5.41) is 5.14. The largest absolute Gasteiger partial charge is 0.416 e. The zero-order valence-corrected chi connectivity index (χ0v) is 22.9. The van der Waals surface area contributed by atoms with E-state index in [1.54, 1.807) is 6.07 Å². The summed E-state index contributed by atoms with van der Waals surface area (Å²) in [4.78, 5) is 40.8. The molecule has 0 radical (unpaired) electrons. The first-order valence-corrected chi connectivity index (χ1v) is 13.3. The van der Waals surface area contributed by atoms with Crippen molar-refractivity contribution in [3.63, 3.8) is 0 Å². The van der Waals surface area contributed by atoms with Gasteiger partial charge in [-0.25, -0.2) is 0 Å². The van der Waals surface area contributed by atoms with Crippen LogP contribution in [-0.2, 0) is 20.6 Å². The Morgan fingerprint density at radius 2 is 1.67 bits per heavy atom. The monoisotopic (exact) mass is 626 g/mol. The van der Waals surface area contributed by atoms with E-state index in [0.717, 1.165) is 12.1 Å². The Morgan fingerprint density at radius 3 is 2.30 bits per heavy atom. The van der Waals surface area contributed by atoms with Gasteiger partial charge < -0.3 is 21.3 Å². The highest BCUT2D eigenvalue weighted by Crippen LogP contribution is 2.41. The van der Waals surface area contributed by atoms with Crippen molar-refractivity contribution < 1.29 is 40.7 Å². The molecule has 0 aromatic heterocycles. The number of alkyl halides is 6. The van der Waals surface area contributed by atoms with Crippen LogP contribution < -0.4 is 21.3 Å². The average Bonchev–Trinajstić information content (AvgIpc) is 3.07. The van der Waals surface area contributed by atoms with E-state index in [-0.39, 0.29) is 27.6 Å². The molecule has 1 heterocycles. The number of halogens is 7. The van der Waals surface area contributed by atoms with Gasteiger partial charge in [-0.05, 0) is 42.3 Å². The standard InChI is InChI=1S/C29H25ClF6N4O3/c30-20-10-5-11-22-24(20)39-26(42)21(15-40(22)18-9-4-8-17(14-18)29(34,35)36)38-27(43)23(16-6-2-1-3-7-16)19(25(37)41)12-13-28(31,32)33/h1-11,14,19,21,23H,12-13,15H2,(H2,37,41)(H,38,43)(H,39,42)/t19-,21+,23+/m1/s1. The van der Waals surface area contributed by atoms with Gasteiger partial charge in [0.1, 0.15) is 6.04 Å². The van der Waals surface area contributed by atoms with Crippen molar-refractivity contribution in [2.24, 2.45) is 11.7 Å². The Balaban J connectivity index is 1.73. The molecule has 3 aromatic rings. The van der Waals surface area contributed by atoms with E-state index in [4.69, 9.17) is 17.3 Å². The fraction of sp³-hybridized carbons (Fsp3) is 0.276. The fourth-order valence-corrected chi connectivity index (χ4v) is 5.14. The Morgan fingerprint density at radius 1 is 1.00 bits per heavy atom. The van der Waals surface area contributed by atoms with E-state index < -0.39 is 72.9 Å². The molecule has 4 rings (SSSR count). The summed E-state index contributed by atoms with van der Waals surface area (Å²) in [5.41, 5.74) is 5.02. The van der Waals surface area contributed by atoms with Crippen LogP contribution in [0, 0.1) is 5.92 Å². The lowest BCUT2D eigenvalue weighted by Crippen LogP contribution is -2.51. The summed E-state index contributed by atoms with van der Waals surface area (Å²) >= 11 is 6.32. The molecule has 7 nitrogen and oxygen atoms in total. The topological polar surface area (TPSA) is 105 Å². The highest BCUT2D eigenvalue weighted by molar-refractivity contribution is 6.34. The second-order valence-corrected chi connectivity index (χ2v) is 10.3. The second kappa shape index (κ2) is 12.5. The van der Waals surface area contributed by atoms with Crippen molar-refractivity contribution in [3.8, 4) is 0 Å².